The van der Waals surface area contributed by atoms with Gasteiger partial charge in [0.1, 0.15) is 0 Å². The van der Waals surface area contributed by atoms with Crippen LogP contribution in [-0.2, 0) is 11.2 Å². The van der Waals surface area contributed by atoms with Gasteiger partial charge in [0.15, 0.2) is 0 Å². The predicted molar refractivity (Wildman–Crippen MR) is 126 cm³/mol. The number of nitrogens with one attached hydrogen (secondary N) is 1. The van der Waals surface area contributed by atoms with Crippen LogP contribution < -0.4 is 5.32 Å². The smallest absolute Gasteiger partial charge is 0.219 e. The lowest BCUT2D eigenvalue weighted by molar-refractivity contribution is -0.121. The Bertz CT molecular complexity index is 667. The quantitative estimate of drug-likeness (QED) is 0.342. The molecule has 2 N–H and O–H groups in total. The predicted octanol–water partition coefficient (Wildman–Crippen LogP) is 5.70. The summed E-state index contributed by atoms with van der Waals surface area (Å²) in [5, 5.41) is 13.4. The Balaban J connectivity index is 1.78. The number of aliphatic hydroxyl groups excluding tert-OH is 1. The highest BCUT2D eigenvalue weighted by Crippen LogP contribution is 2.40. The van der Waals surface area contributed by atoms with Crippen LogP contribution in [0.2, 0.25) is 0 Å². The van der Waals surface area contributed by atoms with Crippen LogP contribution in [0.4, 0.5) is 0 Å². The normalized spacial score (nSPS) is 25.2. The van der Waals surface area contributed by atoms with E-state index in [1.54, 1.807) is 0 Å². The Kier molecular flexibility index (Phi) is 10.9. The largest absolute Gasteiger partial charge is 0.393 e. The SMILES string of the molecule is CCNC(=O)CCC/C=C\C[C@@H]1[C@@H](/C=C/[C@H](C)CCc2ccccc2)[C@H](C)C[C@@H]1O. The molecule has 0 saturated heterocycles. The second-order valence-corrected chi connectivity index (χ2v) is 8.96. The van der Waals surface area contributed by atoms with Crippen molar-refractivity contribution in [2.24, 2.45) is 23.7 Å². The fourth-order valence-electron chi connectivity index (χ4n) is 4.53. The van der Waals surface area contributed by atoms with E-state index in [-0.39, 0.29) is 12.0 Å². The first kappa shape index (κ1) is 24.4. The van der Waals surface area contributed by atoms with E-state index in [1.807, 2.05) is 6.92 Å². The summed E-state index contributed by atoms with van der Waals surface area (Å²) >= 11 is 0. The zero-order valence-corrected chi connectivity index (χ0v) is 19.1. The summed E-state index contributed by atoms with van der Waals surface area (Å²) in [7, 11) is 0. The number of hydrogen-bond donors (Lipinski definition) is 2. The van der Waals surface area contributed by atoms with Gasteiger partial charge in [-0.3, -0.25) is 4.79 Å². The van der Waals surface area contributed by atoms with Gasteiger partial charge in [-0.15, -0.1) is 0 Å². The van der Waals surface area contributed by atoms with E-state index >= 15 is 0 Å². The van der Waals surface area contributed by atoms with Gasteiger partial charge in [0.2, 0.25) is 5.91 Å². The van der Waals surface area contributed by atoms with Gasteiger partial charge in [0.05, 0.1) is 6.10 Å². The maximum atomic E-state index is 11.5. The first-order chi connectivity index (χ1) is 14.5. The Morgan fingerprint density at radius 1 is 1.27 bits per heavy atom. The Hall–Kier alpha value is -1.87. The standard InChI is InChI=1S/C27H41NO2/c1-4-28-27(30)15-11-6-5-10-14-25-24(22(3)20-26(25)29)19-17-21(2)16-18-23-12-8-7-9-13-23/h5,7-10,12-13,17,19,21-22,24-26,29H,4,6,11,14-16,18,20H2,1-3H3,(H,28,30)/b10-5-,19-17+/t21-,22-,24+,25-,26+/m1/s1. The Morgan fingerprint density at radius 3 is 2.77 bits per heavy atom. The molecule has 1 amide bonds. The topological polar surface area (TPSA) is 49.3 Å². The van der Waals surface area contributed by atoms with Gasteiger partial charge in [0, 0.05) is 13.0 Å². The summed E-state index contributed by atoms with van der Waals surface area (Å²) in [6.45, 7) is 7.20. The lowest BCUT2D eigenvalue weighted by Gasteiger charge is -2.20. The molecule has 1 aliphatic rings. The molecule has 3 nitrogen and oxygen atoms in total. The molecular weight excluding hydrogens is 370 g/mol. The van der Waals surface area contributed by atoms with E-state index in [2.05, 4.69) is 73.8 Å². The van der Waals surface area contributed by atoms with Gasteiger partial charge >= 0.3 is 0 Å². The van der Waals surface area contributed by atoms with Crippen molar-refractivity contribution in [2.45, 2.75) is 71.8 Å². The molecule has 1 aromatic carbocycles. The zero-order chi connectivity index (χ0) is 21.8. The molecule has 1 fully saturated rings. The van der Waals surface area contributed by atoms with E-state index < -0.39 is 0 Å². The molecule has 0 aromatic heterocycles. The molecule has 0 heterocycles. The maximum absolute atomic E-state index is 11.5. The summed E-state index contributed by atoms with van der Waals surface area (Å²) in [5.41, 5.74) is 1.40. The third-order valence-corrected chi connectivity index (χ3v) is 6.38. The minimum Gasteiger partial charge on any atom is -0.393 e. The van der Waals surface area contributed by atoms with E-state index in [9.17, 15) is 9.90 Å². The molecule has 2 rings (SSSR count). The van der Waals surface area contributed by atoms with E-state index in [0.29, 0.717) is 36.6 Å². The molecule has 1 aromatic rings. The molecule has 0 aliphatic heterocycles. The van der Waals surface area contributed by atoms with Crippen molar-refractivity contribution in [3.05, 3.63) is 60.2 Å². The number of allylic oxidation sites excluding steroid dienone is 4. The minimum atomic E-state index is -0.214. The van der Waals surface area contributed by atoms with Crippen LogP contribution >= 0.6 is 0 Å². The molecule has 0 radical (unpaired) electrons. The lowest BCUT2D eigenvalue weighted by Crippen LogP contribution is -2.21. The van der Waals surface area contributed by atoms with Crippen molar-refractivity contribution in [1.29, 1.82) is 0 Å². The van der Waals surface area contributed by atoms with Crippen molar-refractivity contribution in [3.8, 4) is 0 Å². The monoisotopic (exact) mass is 411 g/mol. The molecule has 0 bridgehead atoms. The lowest BCUT2D eigenvalue weighted by atomic mass is 9.86. The number of unbranched alkanes of at least 4 members (excludes halogenated alkanes) is 1. The van der Waals surface area contributed by atoms with Crippen molar-refractivity contribution >= 4 is 5.91 Å². The third kappa shape index (κ3) is 8.47. The third-order valence-electron chi connectivity index (χ3n) is 6.38. The van der Waals surface area contributed by atoms with Crippen molar-refractivity contribution in [2.75, 3.05) is 6.54 Å². The van der Waals surface area contributed by atoms with Crippen molar-refractivity contribution in [3.63, 3.8) is 0 Å². The summed E-state index contributed by atoms with van der Waals surface area (Å²) < 4.78 is 0. The fraction of sp³-hybridized carbons (Fsp3) is 0.593. The highest BCUT2D eigenvalue weighted by molar-refractivity contribution is 5.75. The molecule has 5 atom stereocenters. The van der Waals surface area contributed by atoms with Gasteiger partial charge in [-0.05, 0) is 74.7 Å². The van der Waals surface area contributed by atoms with Gasteiger partial charge in [0.25, 0.3) is 0 Å². The molecular formula is C27H41NO2. The molecule has 166 valence electrons. The first-order valence-corrected chi connectivity index (χ1v) is 11.8. The number of aliphatic hydroxyl groups is 1. The second kappa shape index (κ2) is 13.4. The van der Waals surface area contributed by atoms with Crippen molar-refractivity contribution < 1.29 is 9.90 Å². The average Bonchev–Trinajstić information content (AvgIpc) is 3.00. The molecule has 0 unspecified atom stereocenters. The number of carbonyl (C=O) groups excluding carboxylic acids is 1. The number of carbonyl (C=O) groups is 1. The van der Waals surface area contributed by atoms with Gasteiger partial charge in [-0.25, -0.2) is 0 Å². The van der Waals surface area contributed by atoms with Crippen LogP contribution in [0.1, 0.15) is 64.9 Å². The maximum Gasteiger partial charge on any atom is 0.219 e. The minimum absolute atomic E-state index is 0.137. The van der Waals surface area contributed by atoms with Crippen LogP contribution in [0.25, 0.3) is 0 Å². The average molecular weight is 412 g/mol. The van der Waals surface area contributed by atoms with Crippen LogP contribution in [0.3, 0.4) is 0 Å². The number of amides is 1. The van der Waals surface area contributed by atoms with E-state index in [1.165, 1.54) is 5.56 Å². The molecule has 1 aliphatic carbocycles. The number of benzene rings is 1. The number of aryl methyl sites for hydroxylation is 1. The van der Waals surface area contributed by atoms with Gasteiger partial charge < -0.3 is 10.4 Å². The van der Waals surface area contributed by atoms with Crippen LogP contribution in [0, 0.1) is 23.7 Å². The highest BCUT2D eigenvalue weighted by Gasteiger charge is 2.37. The summed E-state index contributed by atoms with van der Waals surface area (Å²) in [6, 6.07) is 10.7. The van der Waals surface area contributed by atoms with Crippen LogP contribution in [-0.4, -0.2) is 23.7 Å². The van der Waals surface area contributed by atoms with Crippen LogP contribution in [0.15, 0.2) is 54.6 Å². The highest BCUT2D eigenvalue weighted by atomic mass is 16.3. The second-order valence-electron chi connectivity index (χ2n) is 8.96. The Labute approximate surface area is 183 Å². The molecule has 1 saturated carbocycles. The zero-order valence-electron chi connectivity index (χ0n) is 19.1. The number of hydrogen-bond acceptors (Lipinski definition) is 2. The van der Waals surface area contributed by atoms with E-state index in [4.69, 9.17) is 0 Å². The summed E-state index contributed by atoms with van der Waals surface area (Å²) in [5.74, 6) is 1.95. The molecule has 30 heavy (non-hydrogen) atoms. The molecule has 0 spiro atoms. The first-order valence-electron chi connectivity index (χ1n) is 11.8. The van der Waals surface area contributed by atoms with Crippen molar-refractivity contribution in [1.82, 2.24) is 5.32 Å². The summed E-state index contributed by atoms with van der Waals surface area (Å²) in [4.78, 5) is 11.5. The molecule has 3 heteroatoms. The van der Waals surface area contributed by atoms with E-state index in [0.717, 1.165) is 38.5 Å². The van der Waals surface area contributed by atoms with Gasteiger partial charge in [-0.1, -0.05) is 68.5 Å². The Morgan fingerprint density at radius 2 is 2.03 bits per heavy atom. The summed E-state index contributed by atoms with van der Waals surface area (Å²) in [6.07, 6.45) is 15.4. The number of rotatable bonds is 12. The van der Waals surface area contributed by atoms with Gasteiger partial charge in [-0.2, -0.15) is 0 Å². The fourth-order valence-corrected chi connectivity index (χ4v) is 4.53. The van der Waals surface area contributed by atoms with Crippen LogP contribution in [0.5, 0.6) is 0 Å².